The molecule has 0 radical (unpaired) electrons. The van der Waals surface area contributed by atoms with Crippen molar-refractivity contribution >= 4 is 27.3 Å². The van der Waals surface area contributed by atoms with Crippen LogP contribution in [0, 0.1) is 0 Å². The van der Waals surface area contributed by atoms with Gasteiger partial charge in [0.1, 0.15) is 13.2 Å². The van der Waals surface area contributed by atoms with Crippen molar-refractivity contribution < 1.29 is 9.47 Å². The standard InChI is InChI=1S/C17H18BrNO2S/c18-13-10-16-15(20-6-7-21-16)9-12(13)11-19-5-1-3-14(19)17-4-2-8-22-17/h2,4,8-10,14H,1,3,5-7,11H2. The smallest absolute Gasteiger partial charge is 0.162 e. The Morgan fingerprint density at radius 3 is 2.82 bits per heavy atom. The van der Waals surface area contributed by atoms with E-state index in [0.29, 0.717) is 19.3 Å². The van der Waals surface area contributed by atoms with Gasteiger partial charge in [0.05, 0.1) is 0 Å². The van der Waals surface area contributed by atoms with Crippen LogP contribution in [0.15, 0.2) is 34.1 Å². The third kappa shape index (κ3) is 2.77. The summed E-state index contributed by atoms with van der Waals surface area (Å²) in [4.78, 5) is 4.05. The van der Waals surface area contributed by atoms with Crippen molar-refractivity contribution in [1.82, 2.24) is 4.90 Å². The van der Waals surface area contributed by atoms with Crippen molar-refractivity contribution in [2.45, 2.75) is 25.4 Å². The molecule has 4 rings (SSSR count). The Balaban J connectivity index is 1.58. The van der Waals surface area contributed by atoms with Crippen molar-refractivity contribution in [2.24, 2.45) is 0 Å². The second kappa shape index (κ2) is 6.22. The number of likely N-dealkylation sites (tertiary alicyclic amines) is 1. The van der Waals surface area contributed by atoms with Crippen molar-refractivity contribution in [2.75, 3.05) is 19.8 Å². The molecule has 0 spiro atoms. The molecule has 116 valence electrons. The number of rotatable bonds is 3. The van der Waals surface area contributed by atoms with Gasteiger partial charge >= 0.3 is 0 Å². The number of ether oxygens (including phenoxy) is 2. The molecular formula is C17H18BrNO2S. The Morgan fingerprint density at radius 1 is 1.23 bits per heavy atom. The van der Waals surface area contributed by atoms with Crippen molar-refractivity contribution in [3.05, 3.63) is 44.6 Å². The lowest BCUT2D eigenvalue weighted by Gasteiger charge is -2.25. The Bertz CT molecular complexity index is 659. The van der Waals surface area contributed by atoms with Crippen LogP contribution in [0.1, 0.15) is 29.3 Å². The number of hydrogen-bond donors (Lipinski definition) is 0. The number of benzene rings is 1. The van der Waals surface area contributed by atoms with Crippen LogP contribution in [0.2, 0.25) is 0 Å². The minimum Gasteiger partial charge on any atom is -0.486 e. The predicted octanol–water partition coefficient (Wildman–Crippen LogP) is 4.62. The zero-order valence-corrected chi connectivity index (χ0v) is 14.7. The normalized spacial score (nSPS) is 21.2. The molecule has 1 atom stereocenters. The Labute approximate surface area is 143 Å². The summed E-state index contributed by atoms with van der Waals surface area (Å²) in [6, 6.07) is 9.13. The van der Waals surface area contributed by atoms with Gasteiger partial charge in [-0.2, -0.15) is 0 Å². The fraction of sp³-hybridized carbons (Fsp3) is 0.412. The van der Waals surface area contributed by atoms with Crippen LogP contribution in [0.4, 0.5) is 0 Å². The van der Waals surface area contributed by atoms with E-state index in [0.717, 1.165) is 29.1 Å². The molecule has 3 heterocycles. The highest BCUT2D eigenvalue weighted by atomic mass is 79.9. The molecule has 0 aliphatic carbocycles. The molecule has 0 bridgehead atoms. The van der Waals surface area contributed by atoms with Crippen molar-refractivity contribution in [1.29, 1.82) is 0 Å². The second-order valence-electron chi connectivity index (χ2n) is 5.73. The first-order valence-corrected chi connectivity index (χ1v) is 9.34. The van der Waals surface area contributed by atoms with Crippen LogP contribution < -0.4 is 9.47 Å². The lowest BCUT2D eigenvalue weighted by Crippen LogP contribution is -2.23. The minimum absolute atomic E-state index is 0.556. The van der Waals surface area contributed by atoms with Gasteiger partial charge in [-0.25, -0.2) is 0 Å². The van der Waals surface area contributed by atoms with E-state index in [1.54, 1.807) is 0 Å². The molecule has 1 aromatic carbocycles. The molecular weight excluding hydrogens is 362 g/mol. The molecule has 0 N–H and O–H groups in total. The van der Waals surface area contributed by atoms with Gasteiger partial charge in [-0.3, -0.25) is 4.90 Å². The van der Waals surface area contributed by atoms with Crippen LogP contribution in [0.3, 0.4) is 0 Å². The zero-order chi connectivity index (χ0) is 14.9. The van der Waals surface area contributed by atoms with Crippen LogP contribution >= 0.6 is 27.3 Å². The number of hydrogen-bond acceptors (Lipinski definition) is 4. The van der Waals surface area contributed by atoms with E-state index >= 15 is 0 Å². The second-order valence-corrected chi connectivity index (χ2v) is 7.56. The summed E-state index contributed by atoms with van der Waals surface area (Å²) in [5.74, 6) is 1.72. The molecule has 5 heteroatoms. The maximum absolute atomic E-state index is 5.72. The van der Waals surface area contributed by atoms with Crippen LogP contribution in [0.25, 0.3) is 0 Å². The molecule has 2 aromatic rings. The molecule has 1 unspecified atom stereocenters. The maximum Gasteiger partial charge on any atom is 0.162 e. The molecule has 3 nitrogen and oxygen atoms in total. The predicted molar refractivity (Wildman–Crippen MR) is 91.8 cm³/mol. The van der Waals surface area contributed by atoms with E-state index < -0.39 is 0 Å². The van der Waals surface area contributed by atoms with Gasteiger partial charge < -0.3 is 9.47 Å². The van der Waals surface area contributed by atoms with E-state index in [9.17, 15) is 0 Å². The SMILES string of the molecule is Brc1cc2c(cc1CN1CCCC1c1cccs1)OCCO2. The van der Waals surface area contributed by atoms with Gasteiger partial charge in [0.15, 0.2) is 11.5 Å². The average Bonchev–Trinajstić information content (AvgIpc) is 3.18. The van der Waals surface area contributed by atoms with Crippen LogP contribution in [0.5, 0.6) is 11.5 Å². The summed E-state index contributed by atoms with van der Waals surface area (Å²) >= 11 is 5.56. The highest BCUT2D eigenvalue weighted by Gasteiger charge is 2.27. The summed E-state index contributed by atoms with van der Waals surface area (Å²) < 4.78 is 12.5. The van der Waals surface area contributed by atoms with E-state index in [1.807, 2.05) is 17.4 Å². The van der Waals surface area contributed by atoms with Crippen molar-refractivity contribution in [3.8, 4) is 11.5 Å². The van der Waals surface area contributed by atoms with Gasteiger partial charge in [-0.1, -0.05) is 22.0 Å². The summed E-state index contributed by atoms with van der Waals surface area (Å²) in [6.45, 7) is 3.37. The number of halogens is 1. The third-order valence-electron chi connectivity index (χ3n) is 4.32. The summed E-state index contributed by atoms with van der Waals surface area (Å²) in [5, 5.41) is 2.17. The third-order valence-corrected chi connectivity index (χ3v) is 6.03. The highest BCUT2D eigenvalue weighted by molar-refractivity contribution is 9.10. The lowest BCUT2D eigenvalue weighted by molar-refractivity contribution is 0.170. The van der Waals surface area contributed by atoms with Gasteiger partial charge in [0.2, 0.25) is 0 Å². The van der Waals surface area contributed by atoms with Crippen LogP contribution in [-0.4, -0.2) is 24.7 Å². The van der Waals surface area contributed by atoms with E-state index in [4.69, 9.17) is 9.47 Å². The van der Waals surface area contributed by atoms with E-state index in [-0.39, 0.29) is 0 Å². The molecule has 0 amide bonds. The molecule has 1 fully saturated rings. The molecule has 2 aliphatic heterocycles. The first-order valence-electron chi connectivity index (χ1n) is 7.67. The molecule has 22 heavy (non-hydrogen) atoms. The molecule has 1 saturated heterocycles. The van der Waals surface area contributed by atoms with E-state index in [1.165, 1.54) is 23.3 Å². The quantitative estimate of drug-likeness (QED) is 0.776. The zero-order valence-electron chi connectivity index (χ0n) is 12.3. The number of thiophene rings is 1. The fourth-order valence-corrected chi connectivity index (χ4v) is 4.61. The summed E-state index contributed by atoms with van der Waals surface area (Å²) in [5.41, 5.74) is 1.27. The van der Waals surface area contributed by atoms with Gasteiger partial charge in [0, 0.05) is 21.9 Å². The Hall–Kier alpha value is -1.04. The minimum atomic E-state index is 0.556. The topological polar surface area (TPSA) is 21.7 Å². The highest BCUT2D eigenvalue weighted by Crippen LogP contribution is 2.39. The van der Waals surface area contributed by atoms with Gasteiger partial charge in [0.25, 0.3) is 0 Å². The first kappa shape index (κ1) is 14.5. The molecule has 1 aromatic heterocycles. The molecule has 2 aliphatic rings. The number of nitrogens with zero attached hydrogens (tertiary/aromatic N) is 1. The monoisotopic (exact) mass is 379 g/mol. The first-order chi connectivity index (χ1) is 10.8. The summed E-state index contributed by atoms with van der Waals surface area (Å²) in [6.07, 6.45) is 2.52. The number of fused-ring (bicyclic) bond motifs is 1. The fourth-order valence-electron chi connectivity index (χ4n) is 3.26. The Morgan fingerprint density at radius 2 is 2.05 bits per heavy atom. The van der Waals surface area contributed by atoms with Gasteiger partial charge in [-0.05, 0) is 48.5 Å². The average molecular weight is 380 g/mol. The maximum atomic E-state index is 5.72. The largest absolute Gasteiger partial charge is 0.486 e. The van der Waals surface area contributed by atoms with Crippen LogP contribution in [-0.2, 0) is 6.54 Å². The van der Waals surface area contributed by atoms with E-state index in [2.05, 4.69) is 44.4 Å². The van der Waals surface area contributed by atoms with Gasteiger partial charge in [-0.15, -0.1) is 11.3 Å². The Kier molecular flexibility index (Phi) is 4.11. The van der Waals surface area contributed by atoms with Crippen molar-refractivity contribution in [3.63, 3.8) is 0 Å². The lowest BCUT2D eigenvalue weighted by atomic mass is 10.1. The summed E-state index contributed by atoms with van der Waals surface area (Å²) in [7, 11) is 0. The molecule has 0 saturated carbocycles.